The van der Waals surface area contributed by atoms with E-state index in [-0.39, 0.29) is 17.9 Å². The number of rotatable bonds is 5. The van der Waals surface area contributed by atoms with Gasteiger partial charge in [-0.2, -0.15) is 0 Å². The third-order valence-electron chi connectivity index (χ3n) is 4.34. The third-order valence-corrected chi connectivity index (χ3v) is 4.34. The van der Waals surface area contributed by atoms with Crippen molar-refractivity contribution in [3.05, 3.63) is 84.0 Å². The van der Waals surface area contributed by atoms with Gasteiger partial charge in [0.25, 0.3) is 11.7 Å². The third kappa shape index (κ3) is 2.99. The van der Waals surface area contributed by atoms with Gasteiger partial charge in [-0.1, -0.05) is 48.5 Å². The number of carbonyl (C=O) groups is 2. The smallest absolute Gasteiger partial charge is 0.295 e. The molecule has 132 valence electrons. The van der Waals surface area contributed by atoms with E-state index < -0.39 is 17.7 Å². The standard InChI is InChI=1S/C21H19NO4/c1-3-13-22-18(14-9-11-16(26-2)12-10-14)17(20(24)21(22)25)19(23)15-7-5-4-6-8-15/h3-12,18,23H,1,13H2,2H3. The minimum Gasteiger partial charge on any atom is -0.507 e. The predicted octanol–water partition coefficient (Wildman–Crippen LogP) is 3.30. The molecule has 1 amide bonds. The zero-order valence-electron chi connectivity index (χ0n) is 14.4. The van der Waals surface area contributed by atoms with Crippen molar-refractivity contribution >= 4 is 17.4 Å². The van der Waals surface area contributed by atoms with Crippen molar-refractivity contribution in [1.29, 1.82) is 0 Å². The van der Waals surface area contributed by atoms with Crippen molar-refractivity contribution in [2.24, 2.45) is 0 Å². The Bertz CT molecular complexity index is 869. The number of hydrogen-bond donors (Lipinski definition) is 1. The summed E-state index contributed by atoms with van der Waals surface area (Å²) in [6.07, 6.45) is 1.56. The molecule has 0 spiro atoms. The topological polar surface area (TPSA) is 66.8 Å². The van der Waals surface area contributed by atoms with E-state index >= 15 is 0 Å². The molecule has 1 aliphatic heterocycles. The van der Waals surface area contributed by atoms with Gasteiger partial charge in [-0.25, -0.2) is 0 Å². The fraction of sp³-hybridized carbons (Fsp3) is 0.143. The van der Waals surface area contributed by atoms with Crippen molar-refractivity contribution in [3.63, 3.8) is 0 Å². The Morgan fingerprint density at radius 2 is 1.81 bits per heavy atom. The first-order valence-electron chi connectivity index (χ1n) is 8.17. The van der Waals surface area contributed by atoms with Crippen LogP contribution in [0.15, 0.2) is 72.8 Å². The number of aliphatic hydroxyl groups is 1. The first-order chi connectivity index (χ1) is 12.6. The van der Waals surface area contributed by atoms with E-state index in [1.54, 1.807) is 61.7 Å². The first kappa shape index (κ1) is 17.5. The second kappa shape index (κ2) is 7.27. The summed E-state index contributed by atoms with van der Waals surface area (Å²) in [7, 11) is 1.56. The zero-order valence-corrected chi connectivity index (χ0v) is 14.4. The van der Waals surface area contributed by atoms with E-state index in [0.29, 0.717) is 16.9 Å². The summed E-state index contributed by atoms with van der Waals surface area (Å²) in [5.41, 5.74) is 1.28. The Morgan fingerprint density at radius 3 is 2.38 bits per heavy atom. The van der Waals surface area contributed by atoms with Gasteiger partial charge in [0.1, 0.15) is 11.5 Å². The van der Waals surface area contributed by atoms with Crippen molar-refractivity contribution in [3.8, 4) is 5.75 Å². The Balaban J connectivity index is 2.17. The lowest BCUT2D eigenvalue weighted by Crippen LogP contribution is -2.29. The molecule has 2 aromatic carbocycles. The van der Waals surface area contributed by atoms with Crippen LogP contribution in [0.4, 0.5) is 0 Å². The van der Waals surface area contributed by atoms with Gasteiger partial charge in [0.05, 0.1) is 18.7 Å². The SMILES string of the molecule is C=CCN1C(=O)C(=O)C(=C(O)c2ccccc2)C1c1ccc(OC)cc1. The number of amides is 1. The summed E-state index contributed by atoms with van der Waals surface area (Å²) in [4.78, 5) is 26.6. The summed E-state index contributed by atoms with van der Waals surface area (Å²) in [5.74, 6) is -0.869. The van der Waals surface area contributed by atoms with Gasteiger partial charge in [-0.05, 0) is 17.7 Å². The minimum atomic E-state index is -0.700. The Morgan fingerprint density at radius 1 is 1.15 bits per heavy atom. The molecule has 1 unspecified atom stereocenters. The molecule has 0 saturated carbocycles. The van der Waals surface area contributed by atoms with Crippen LogP contribution in [0.25, 0.3) is 5.76 Å². The largest absolute Gasteiger partial charge is 0.507 e. The van der Waals surface area contributed by atoms with Crippen LogP contribution in [0.2, 0.25) is 0 Å². The number of aliphatic hydroxyl groups excluding tert-OH is 1. The normalized spacial score (nSPS) is 18.8. The Kier molecular flexibility index (Phi) is 4.89. The van der Waals surface area contributed by atoms with E-state index in [0.717, 1.165) is 0 Å². The summed E-state index contributed by atoms with van der Waals surface area (Å²) >= 11 is 0. The summed E-state index contributed by atoms with van der Waals surface area (Å²) in [6.45, 7) is 3.86. The number of carbonyl (C=O) groups excluding carboxylic acids is 2. The Hall–Kier alpha value is -3.34. The number of likely N-dealkylation sites (tertiary alicyclic amines) is 1. The lowest BCUT2D eigenvalue weighted by Gasteiger charge is -2.24. The predicted molar refractivity (Wildman–Crippen MR) is 98.6 cm³/mol. The zero-order chi connectivity index (χ0) is 18.7. The van der Waals surface area contributed by atoms with Crippen molar-refractivity contribution in [1.82, 2.24) is 4.90 Å². The lowest BCUT2D eigenvalue weighted by atomic mass is 9.95. The summed E-state index contributed by atoms with van der Waals surface area (Å²) < 4.78 is 5.17. The van der Waals surface area contributed by atoms with Crippen LogP contribution in [-0.4, -0.2) is 35.4 Å². The van der Waals surface area contributed by atoms with Gasteiger partial charge in [-0.15, -0.1) is 6.58 Å². The molecule has 0 aromatic heterocycles. The molecular formula is C21H19NO4. The molecule has 5 heteroatoms. The summed E-state index contributed by atoms with van der Waals surface area (Å²) in [5, 5.41) is 10.8. The molecule has 3 rings (SSSR count). The van der Waals surface area contributed by atoms with E-state index in [1.807, 2.05) is 6.07 Å². The fourth-order valence-corrected chi connectivity index (χ4v) is 3.09. The van der Waals surface area contributed by atoms with Crippen molar-refractivity contribution in [2.45, 2.75) is 6.04 Å². The van der Waals surface area contributed by atoms with Crippen LogP contribution in [0, 0.1) is 0 Å². The van der Waals surface area contributed by atoms with Crippen LogP contribution < -0.4 is 4.74 Å². The maximum absolute atomic E-state index is 12.6. The highest BCUT2D eigenvalue weighted by atomic mass is 16.5. The average Bonchev–Trinajstić information content (AvgIpc) is 2.93. The maximum Gasteiger partial charge on any atom is 0.295 e. The highest BCUT2D eigenvalue weighted by molar-refractivity contribution is 6.46. The quantitative estimate of drug-likeness (QED) is 0.389. The van der Waals surface area contributed by atoms with Gasteiger partial charge >= 0.3 is 0 Å². The monoisotopic (exact) mass is 349 g/mol. The van der Waals surface area contributed by atoms with Crippen LogP contribution >= 0.6 is 0 Å². The molecule has 1 saturated heterocycles. The molecule has 0 radical (unpaired) electrons. The van der Waals surface area contributed by atoms with Gasteiger partial charge in [0.15, 0.2) is 0 Å². The van der Waals surface area contributed by atoms with E-state index in [9.17, 15) is 14.7 Å². The van der Waals surface area contributed by atoms with Crippen LogP contribution in [0.3, 0.4) is 0 Å². The van der Waals surface area contributed by atoms with Gasteiger partial charge in [0.2, 0.25) is 0 Å². The first-order valence-corrected chi connectivity index (χ1v) is 8.17. The van der Waals surface area contributed by atoms with E-state index in [2.05, 4.69) is 6.58 Å². The molecule has 0 aliphatic carbocycles. The number of benzene rings is 2. The number of ether oxygens (including phenoxy) is 1. The van der Waals surface area contributed by atoms with Crippen molar-refractivity contribution < 1.29 is 19.4 Å². The average molecular weight is 349 g/mol. The Labute approximate surface area is 151 Å². The summed E-state index contributed by atoms with van der Waals surface area (Å²) in [6, 6.07) is 15.1. The molecule has 0 bridgehead atoms. The second-order valence-electron chi connectivity index (χ2n) is 5.88. The lowest BCUT2D eigenvalue weighted by molar-refractivity contribution is -0.139. The number of hydrogen-bond acceptors (Lipinski definition) is 4. The maximum atomic E-state index is 12.6. The number of methoxy groups -OCH3 is 1. The molecule has 1 N–H and O–H groups in total. The number of ketones is 1. The molecule has 1 aliphatic rings. The highest BCUT2D eigenvalue weighted by Gasteiger charge is 2.45. The van der Waals surface area contributed by atoms with E-state index in [4.69, 9.17) is 4.74 Å². The van der Waals surface area contributed by atoms with Gasteiger partial charge < -0.3 is 14.7 Å². The van der Waals surface area contributed by atoms with Crippen molar-refractivity contribution in [2.75, 3.05) is 13.7 Å². The molecule has 1 fully saturated rings. The minimum absolute atomic E-state index is 0.0771. The van der Waals surface area contributed by atoms with Gasteiger partial charge in [-0.3, -0.25) is 9.59 Å². The fourth-order valence-electron chi connectivity index (χ4n) is 3.09. The van der Waals surface area contributed by atoms with E-state index in [1.165, 1.54) is 4.90 Å². The molecule has 5 nitrogen and oxygen atoms in total. The van der Waals surface area contributed by atoms with Crippen LogP contribution in [-0.2, 0) is 9.59 Å². The molecule has 26 heavy (non-hydrogen) atoms. The van der Waals surface area contributed by atoms with Crippen LogP contribution in [0.1, 0.15) is 17.2 Å². The second-order valence-corrected chi connectivity index (χ2v) is 5.88. The van der Waals surface area contributed by atoms with Gasteiger partial charge in [0, 0.05) is 12.1 Å². The number of Topliss-reactive ketones (excluding diaryl/α,β-unsaturated/α-hetero) is 1. The number of nitrogens with zero attached hydrogens (tertiary/aromatic N) is 1. The molecule has 1 heterocycles. The molecular weight excluding hydrogens is 330 g/mol. The highest BCUT2D eigenvalue weighted by Crippen LogP contribution is 2.39. The molecule has 2 aromatic rings. The molecule has 1 atom stereocenters. The van der Waals surface area contributed by atoms with Crippen LogP contribution in [0.5, 0.6) is 5.75 Å².